The van der Waals surface area contributed by atoms with Crippen molar-refractivity contribution in [3.05, 3.63) is 79.4 Å². The molecule has 6 nitrogen and oxygen atoms in total. The summed E-state index contributed by atoms with van der Waals surface area (Å²) in [7, 11) is 1.54. The quantitative estimate of drug-likeness (QED) is 0.511. The molecule has 4 rings (SSSR count). The summed E-state index contributed by atoms with van der Waals surface area (Å²) >= 11 is 0. The van der Waals surface area contributed by atoms with E-state index in [1.165, 1.54) is 31.9 Å². The zero-order valence-electron chi connectivity index (χ0n) is 14.9. The number of benzene rings is 2. The van der Waals surface area contributed by atoms with Crippen molar-refractivity contribution < 1.29 is 13.9 Å². The molecule has 0 aliphatic rings. The molecule has 0 unspecified atom stereocenters. The van der Waals surface area contributed by atoms with Crippen LogP contribution in [-0.4, -0.2) is 27.0 Å². The van der Waals surface area contributed by atoms with Crippen LogP contribution in [0.3, 0.4) is 0 Å². The van der Waals surface area contributed by atoms with Crippen molar-refractivity contribution in [2.45, 2.75) is 0 Å². The molecule has 0 N–H and O–H groups in total. The molecule has 0 aliphatic carbocycles. The second-order valence-corrected chi connectivity index (χ2v) is 5.83. The number of methoxy groups -OCH3 is 1. The fourth-order valence-electron chi connectivity index (χ4n) is 2.71. The van der Waals surface area contributed by atoms with E-state index in [-0.39, 0.29) is 11.8 Å². The third-order valence-corrected chi connectivity index (χ3v) is 4.08. The Hall–Kier alpha value is -3.87. The van der Waals surface area contributed by atoms with Gasteiger partial charge in [-0.1, -0.05) is 30.3 Å². The summed E-state index contributed by atoms with van der Waals surface area (Å²) in [4.78, 5) is 16.1. The number of hydrogen-bond acceptors (Lipinski definition) is 6. The molecule has 7 heteroatoms. The van der Waals surface area contributed by atoms with Crippen LogP contribution in [0, 0.1) is 5.82 Å². The first kappa shape index (κ1) is 17.5. The monoisotopic (exact) mass is 374 g/mol. The van der Waals surface area contributed by atoms with Gasteiger partial charge >= 0.3 is 6.01 Å². The summed E-state index contributed by atoms with van der Waals surface area (Å²) in [5, 5.41) is 0. The number of para-hydroxylation sites is 1. The standard InChI is InChI=1S/C21H15FN4O2/c1-27-16-11-25-21(26-12-16)28-20-5-3-2-4-18(20)14-6-7-17(19(22)8-14)15-9-23-13-24-10-15/h2-13H,1H3. The van der Waals surface area contributed by atoms with Crippen molar-refractivity contribution in [3.8, 4) is 39.8 Å². The van der Waals surface area contributed by atoms with Gasteiger partial charge in [-0.2, -0.15) is 9.97 Å². The third kappa shape index (κ3) is 3.64. The van der Waals surface area contributed by atoms with Crippen LogP contribution in [0.25, 0.3) is 22.3 Å². The van der Waals surface area contributed by atoms with Gasteiger partial charge in [0.05, 0.1) is 19.5 Å². The number of hydrogen-bond donors (Lipinski definition) is 0. The number of rotatable bonds is 5. The average Bonchev–Trinajstić information content (AvgIpc) is 2.75. The van der Waals surface area contributed by atoms with E-state index < -0.39 is 0 Å². The first-order chi connectivity index (χ1) is 13.7. The highest BCUT2D eigenvalue weighted by atomic mass is 19.1. The summed E-state index contributed by atoms with van der Waals surface area (Å²) < 4.78 is 25.6. The fourth-order valence-corrected chi connectivity index (χ4v) is 2.71. The van der Waals surface area contributed by atoms with Gasteiger partial charge in [0, 0.05) is 29.1 Å². The molecular formula is C21H15FN4O2. The normalized spacial score (nSPS) is 10.5. The molecular weight excluding hydrogens is 359 g/mol. The Balaban J connectivity index is 1.67. The highest BCUT2D eigenvalue weighted by Gasteiger charge is 2.12. The van der Waals surface area contributed by atoms with E-state index in [4.69, 9.17) is 9.47 Å². The SMILES string of the molecule is COc1cnc(Oc2ccccc2-c2ccc(-c3cncnc3)c(F)c2)nc1. The van der Waals surface area contributed by atoms with Gasteiger partial charge in [0.15, 0.2) is 5.75 Å². The minimum absolute atomic E-state index is 0.173. The lowest BCUT2D eigenvalue weighted by Gasteiger charge is -2.11. The maximum Gasteiger partial charge on any atom is 0.322 e. The van der Waals surface area contributed by atoms with Gasteiger partial charge in [0.1, 0.15) is 17.9 Å². The molecule has 0 atom stereocenters. The molecule has 2 heterocycles. The van der Waals surface area contributed by atoms with Gasteiger partial charge in [-0.05, 0) is 17.7 Å². The second-order valence-electron chi connectivity index (χ2n) is 5.83. The molecule has 138 valence electrons. The smallest absolute Gasteiger partial charge is 0.322 e. The van der Waals surface area contributed by atoms with Gasteiger partial charge in [0.2, 0.25) is 0 Å². The van der Waals surface area contributed by atoms with Crippen molar-refractivity contribution in [2.75, 3.05) is 7.11 Å². The van der Waals surface area contributed by atoms with Crippen LogP contribution in [-0.2, 0) is 0 Å². The van der Waals surface area contributed by atoms with E-state index >= 15 is 0 Å². The predicted molar refractivity (Wildman–Crippen MR) is 102 cm³/mol. The highest BCUT2D eigenvalue weighted by molar-refractivity contribution is 5.74. The first-order valence-corrected chi connectivity index (χ1v) is 8.43. The molecule has 0 amide bonds. The molecule has 0 radical (unpaired) electrons. The molecule has 0 spiro atoms. The fraction of sp³-hybridized carbons (Fsp3) is 0.0476. The van der Waals surface area contributed by atoms with E-state index in [0.29, 0.717) is 28.2 Å². The molecule has 0 fully saturated rings. The van der Waals surface area contributed by atoms with Crippen molar-refractivity contribution in [1.29, 1.82) is 0 Å². The lowest BCUT2D eigenvalue weighted by Crippen LogP contribution is -1.95. The van der Waals surface area contributed by atoms with Crippen molar-refractivity contribution in [1.82, 2.24) is 19.9 Å². The van der Waals surface area contributed by atoms with Crippen molar-refractivity contribution in [2.24, 2.45) is 0 Å². The highest BCUT2D eigenvalue weighted by Crippen LogP contribution is 2.34. The lowest BCUT2D eigenvalue weighted by molar-refractivity contribution is 0.399. The van der Waals surface area contributed by atoms with E-state index in [2.05, 4.69) is 19.9 Å². The summed E-state index contributed by atoms with van der Waals surface area (Å²) in [5.41, 5.74) is 2.43. The van der Waals surface area contributed by atoms with Crippen LogP contribution in [0.1, 0.15) is 0 Å². The molecule has 2 aromatic heterocycles. The van der Waals surface area contributed by atoms with Crippen LogP contribution in [0.4, 0.5) is 4.39 Å². The van der Waals surface area contributed by atoms with Crippen LogP contribution in [0.2, 0.25) is 0 Å². The van der Waals surface area contributed by atoms with Gasteiger partial charge < -0.3 is 9.47 Å². The largest absolute Gasteiger partial charge is 0.494 e. The maximum absolute atomic E-state index is 14.7. The number of ether oxygens (including phenoxy) is 2. The topological polar surface area (TPSA) is 70.0 Å². The summed E-state index contributed by atoms with van der Waals surface area (Å²) in [5.74, 6) is 0.675. The minimum atomic E-state index is -0.372. The Morgan fingerprint density at radius 2 is 1.57 bits per heavy atom. The lowest BCUT2D eigenvalue weighted by atomic mass is 10.0. The molecule has 28 heavy (non-hydrogen) atoms. The van der Waals surface area contributed by atoms with E-state index in [0.717, 1.165) is 5.56 Å². The Kier molecular flexibility index (Phi) is 4.88. The molecule has 2 aromatic carbocycles. The summed E-state index contributed by atoms with van der Waals surface area (Å²) in [6.45, 7) is 0. The molecule has 0 aliphatic heterocycles. The van der Waals surface area contributed by atoms with Crippen LogP contribution >= 0.6 is 0 Å². The molecule has 0 bridgehead atoms. The summed E-state index contributed by atoms with van der Waals surface area (Å²) in [6.07, 6.45) is 7.58. The van der Waals surface area contributed by atoms with Crippen LogP contribution in [0.5, 0.6) is 17.5 Å². The van der Waals surface area contributed by atoms with Gasteiger partial charge in [-0.15, -0.1) is 0 Å². The molecule has 0 saturated carbocycles. The Bertz CT molecular complexity index is 1090. The second kappa shape index (κ2) is 7.79. The van der Waals surface area contributed by atoms with Crippen LogP contribution in [0.15, 0.2) is 73.6 Å². The van der Waals surface area contributed by atoms with Gasteiger partial charge in [-0.25, -0.2) is 14.4 Å². The zero-order chi connectivity index (χ0) is 19.3. The zero-order valence-corrected chi connectivity index (χ0v) is 14.9. The number of nitrogens with zero attached hydrogens (tertiary/aromatic N) is 4. The predicted octanol–water partition coefficient (Wildman–Crippen LogP) is 4.54. The molecule has 4 aromatic rings. The van der Waals surface area contributed by atoms with Gasteiger partial charge in [0.25, 0.3) is 0 Å². The molecule has 0 saturated heterocycles. The average molecular weight is 374 g/mol. The summed E-state index contributed by atoms with van der Waals surface area (Å²) in [6, 6.07) is 12.5. The van der Waals surface area contributed by atoms with E-state index in [1.807, 2.05) is 24.3 Å². The Morgan fingerprint density at radius 3 is 2.29 bits per heavy atom. The van der Waals surface area contributed by atoms with E-state index in [1.54, 1.807) is 24.5 Å². The Labute approximate surface area is 160 Å². The van der Waals surface area contributed by atoms with Crippen molar-refractivity contribution >= 4 is 0 Å². The number of halogens is 1. The van der Waals surface area contributed by atoms with Crippen LogP contribution < -0.4 is 9.47 Å². The first-order valence-electron chi connectivity index (χ1n) is 8.43. The number of aromatic nitrogens is 4. The maximum atomic E-state index is 14.7. The minimum Gasteiger partial charge on any atom is -0.494 e. The van der Waals surface area contributed by atoms with Crippen molar-refractivity contribution in [3.63, 3.8) is 0 Å². The van der Waals surface area contributed by atoms with Gasteiger partial charge in [-0.3, -0.25) is 0 Å². The van der Waals surface area contributed by atoms with E-state index in [9.17, 15) is 4.39 Å². The Morgan fingerprint density at radius 1 is 0.821 bits per heavy atom. The third-order valence-electron chi connectivity index (χ3n) is 4.08.